The number of aromatic carboxylic acids is 1. The zero-order chi connectivity index (χ0) is 14.6. The number of carboxylic acid groups (broad SMARTS) is 1. The Morgan fingerprint density at radius 3 is 2.63 bits per heavy atom. The first-order chi connectivity index (χ1) is 8.70. The summed E-state index contributed by atoms with van der Waals surface area (Å²) in [6.45, 7) is 9.09. The Morgan fingerprint density at radius 2 is 2.11 bits per heavy atom. The molecule has 19 heavy (non-hydrogen) atoms. The van der Waals surface area contributed by atoms with Gasteiger partial charge in [-0.15, -0.1) is 0 Å². The van der Waals surface area contributed by atoms with Crippen molar-refractivity contribution in [2.75, 3.05) is 6.61 Å². The van der Waals surface area contributed by atoms with Crippen LogP contribution in [0.1, 0.15) is 16.1 Å². The molecular weight excluding hydrogens is 264 g/mol. The monoisotopic (exact) mass is 284 g/mol. The van der Waals surface area contributed by atoms with Crippen LogP contribution in [0, 0.1) is 6.92 Å². The first kappa shape index (κ1) is 15.6. The van der Waals surface area contributed by atoms with Crippen LogP contribution in [0.15, 0.2) is 11.0 Å². The third kappa shape index (κ3) is 4.96. The average molecular weight is 284 g/mol. The van der Waals surface area contributed by atoms with Crippen LogP contribution in [-0.2, 0) is 11.5 Å². The van der Waals surface area contributed by atoms with Gasteiger partial charge in [-0.25, -0.2) is 9.48 Å². The summed E-state index contributed by atoms with van der Waals surface area (Å²) in [6, 6.07) is 1.03. The van der Waals surface area contributed by atoms with E-state index in [4.69, 9.17) is 9.84 Å². The van der Waals surface area contributed by atoms with E-state index in [1.54, 1.807) is 6.92 Å². The van der Waals surface area contributed by atoms with Crippen molar-refractivity contribution in [2.45, 2.75) is 39.3 Å². The molecule has 1 rings (SSSR count). The number of rotatable bonds is 6. The van der Waals surface area contributed by atoms with Gasteiger partial charge >= 0.3 is 5.97 Å². The molecule has 0 fully saturated rings. The molecule has 1 heterocycles. The van der Waals surface area contributed by atoms with E-state index in [1.165, 1.54) is 10.9 Å². The fraction of sp³-hybridized carbons (Fsp3) is 0.583. The van der Waals surface area contributed by atoms with Crippen molar-refractivity contribution >= 4 is 14.0 Å². The Kier molecular flexibility index (Phi) is 5.02. The smallest absolute Gasteiger partial charge is 0.360 e. The highest BCUT2D eigenvalue weighted by Gasteiger charge is 2.14. The Balaban J connectivity index is 2.70. The molecule has 6 nitrogen and oxygen atoms in total. The molecule has 0 saturated heterocycles. The lowest BCUT2D eigenvalue weighted by Crippen LogP contribution is -2.25. The molecule has 0 bridgehead atoms. The lowest BCUT2D eigenvalue weighted by Gasteiger charge is -2.15. The van der Waals surface area contributed by atoms with Crippen molar-refractivity contribution in [2.24, 2.45) is 0 Å². The Hall–Kier alpha value is -1.47. The molecule has 0 aliphatic heterocycles. The highest BCUT2D eigenvalue weighted by atomic mass is 28.3. The van der Waals surface area contributed by atoms with E-state index >= 15 is 0 Å². The van der Waals surface area contributed by atoms with Crippen molar-refractivity contribution in [3.8, 4) is 0 Å². The second-order valence-corrected chi connectivity index (χ2v) is 11.3. The van der Waals surface area contributed by atoms with Gasteiger partial charge in [0, 0.05) is 26.4 Å². The van der Waals surface area contributed by atoms with Gasteiger partial charge in [0.25, 0.3) is 0 Å². The van der Waals surface area contributed by atoms with Crippen LogP contribution < -0.4 is 5.43 Å². The Labute approximate surface area is 113 Å². The Morgan fingerprint density at radius 1 is 1.47 bits per heavy atom. The van der Waals surface area contributed by atoms with E-state index in [0.717, 1.165) is 6.04 Å². The number of nitrogens with zero attached hydrogens (tertiary/aromatic N) is 2. The molecule has 0 saturated carbocycles. The van der Waals surface area contributed by atoms with Gasteiger partial charge in [-0.05, 0) is 13.0 Å². The SMILES string of the molecule is Cc1cn(COCC[Si](C)(C)C)nc(C(=O)O)c1=O. The van der Waals surface area contributed by atoms with E-state index in [0.29, 0.717) is 12.2 Å². The van der Waals surface area contributed by atoms with Gasteiger partial charge in [0.2, 0.25) is 11.1 Å². The second kappa shape index (κ2) is 6.11. The second-order valence-electron chi connectivity index (χ2n) is 5.68. The number of carboxylic acids is 1. The molecule has 1 aromatic heterocycles. The summed E-state index contributed by atoms with van der Waals surface area (Å²) < 4.78 is 6.82. The first-order valence-electron chi connectivity index (χ1n) is 6.10. The van der Waals surface area contributed by atoms with Crippen LogP contribution in [-0.4, -0.2) is 35.5 Å². The number of hydrogen-bond donors (Lipinski definition) is 1. The molecule has 0 amide bonds. The summed E-state index contributed by atoms with van der Waals surface area (Å²) in [4.78, 5) is 22.4. The molecule has 1 N–H and O–H groups in total. The van der Waals surface area contributed by atoms with Gasteiger partial charge in [0.1, 0.15) is 6.73 Å². The van der Waals surface area contributed by atoms with Crippen molar-refractivity contribution in [1.29, 1.82) is 0 Å². The van der Waals surface area contributed by atoms with Crippen molar-refractivity contribution < 1.29 is 14.6 Å². The fourth-order valence-electron chi connectivity index (χ4n) is 1.41. The number of hydrogen-bond acceptors (Lipinski definition) is 4. The van der Waals surface area contributed by atoms with Gasteiger partial charge in [-0.2, -0.15) is 5.10 Å². The topological polar surface area (TPSA) is 81.4 Å². The van der Waals surface area contributed by atoms with Crippen LogP contribution in [0.4, 0.5) is 0 Å². The van der Waals surface area contributed by atoms with E-state index in [9.17, 15) is 9.59 Å². The van der Waals surface area contributed by atoms with Crippen LogP contribution in [0.5, 0.6) is 0 Å². The standard InChI is InChI=1S/C12H20N2O4Si/c1-9-7-14(8-18-5-6-19(2,3)4)13-10(11(9)15)12(16)17/h7H,5-6,8H2,1-4H3,(H,16,17). The third-order valence-electron chi connectivity index (χ3n) is 2.57. The van der Waals surface area contributed by atoms with E-state index < -0.39 is 25.2 Å². The summed E-state index contributed by atoms with van der Waals surface area (Å²) in [5.74, 6) is -1.32. The maximum absolute atomic E-state index is 11.5. The van der Waals surface area contributed by atoms with Crippen LogP contribution >= 0.6 is 0 Å². The van der Waals surface area contributed by atoms with Gasteiger partial charge in [0.15, 0.2) is 0 Å². The average Bonchev–Trinajstić information content (AvgIpc) is 2.27. The minimum absolute atomic E-state index is 0.159. The lowest BCUT2D eigenvalue weighted by molar-refractivity contribution is 0.0654. The first-order valence-corrected chi connectivity index (χ1v) is 9.81. The summed E-state index contributed by atoms with van der Waals surface area (Å²) in [5, 5.41) is 12.6. The normalized spacial score (nSPS) is 11.6. The molecule has 7 heteroatoms. The highest BCUT2D eigenvalue weighted by Crippen LogP contribution is 2.07. The molecule has 0 aromatic carbocycles. The van der Waals surface area contributed by atoms with E-state index in [-0.39, 0.29) is 6.73 Å². The highest BCUT2D eigenvalue weighted by molar-refractivity contribution is 6.76. The Bertz CT molecular complexity index is 519. The largest absolute Gasteiger partial charge is 0.476 e. The van der Waals surface area contributed by atoms with Gasteiger partial charge in [0.05, 0.1) is 0 Å². The van der Waals surface area contributed by atoms with Crippen molar-refractivity contribution in [3.63, 3.8) is 0 Å². The maximum atomic E-state index is 11.5. The van der Waals surface area contributed by atoms with Gasteiger partial charge in [-0.1, -0.05) is 19.6 Å². The lowest BCUT2D eigenvalue weighted by atomic mass is 10.3. The molecule has 0 radical (unpaired) electrons. The molecule has 0 atom stereocenters. The number of carbonyl (C=O) groups is 1. The molecule has 1 aromatic rings. The summed E-state index contributed by atoms with van der Waals surface area (Å²) >= 11 is 0. The molecule has 0 aliphatic rings. The predicted octanol–water partition coefficient (Wildman–Crippen LogP) is 1.56. The van der Waals surface area contributed by atoms with Crippen molar-refractivity contribution in [1.82, 2.24) is 9.78 Å². The molecule has 0 aliphatic carbocycles. The molecule has 0 spiro atoms. The molecular formula is C12H20N2O4Si. The van der Waals surface area contributed by atoms with Crippen LogP contribution in [0.3, 0.4) is 0 Å². The zero-order valence-corrected chi connectivity index (χ0v) is 12.8. The third-order valence-corrected chi connectivity index (χ3v) is 4.27. The quantitative estimate of drug-likeness (QED) is 0.633. The maximum Gasteiger partial charge on any atom is 0.360 e. The number of aryl methyl sites for hydroxylation is 1. The van der Waals surface area contributed by atoms with Crippen LogP contribution in [0.25, 0.3) is 0 Å². The summed E-state index contributed by atoms with van der Waals surface area (Å²) in [7, 11) is -1.14. The van der Waals surface area contributed by atoms with Gasteiger partial charge in [-0.3, -0.25) is 4.79 Å². The minimum Gasteiger partial charge on any atom is -0.476 e. The van der Waals surface area contributed by atoms with Gasteiger partial charge < -0.3 is 9.84 Å². The van der Waals surface area contributed by atoms with Crippen LogP contribution in [0.2, 0.25) is 25.7 Å². The van der Waals surface area contributed by atoms with E-state index in [2.05, 4.69) is 24.7 Å². The molecule has 0 unspecified atom stereocenters. The number of aromatic nitrogens is 2. The summed E-state index contributed by atoms with van der Waals surface area (Å²) in [6.07, 6.45) is 1.50. The minimum atomic E-state index is -1.32. The number of ether oxygens (including phenoxy) is 1. The zero-order valence-electron chi connectivity index (χ0n) is 11.8. The van der Waals surface area contributed by atoms with Crippen molar-refractivity contribution in [3.05, 3.63) is 27.7 Å². The molecule has 106 valence electrons. The fourth-order valence-corrected chi connectivity index (χ4v) is 2.17. The predicted molar refractivity (Wildman–Crippen MR) is 74.3 cm³/mol. The van der Waals surface area contributed by atoms with E-state index in [1.807, 2.05) is 0 Å². The summed E-state index contributed by atoms with van der Waals surface area (Å²) in [5.41, 5.74) is -0.666.